The Morgan fingerprint density at radius 3 is 2.58 bits per heavy atom. The van der Waals surface area contributed by atoms with Gasteiger partial charge in [-0.3, -0.25) is 15.0 Å². The van der Waals surface area contributed by atoms with Crippen molar-refractivity contribution in [1.29, 1.82) is 5.41 Å². The number of piperidine rings is 2. The third-order valence-corrected chi connectivity index (χ3v) is 6.81. The summed E-state index contributed by atoms with van der Waals surface area (Å²) in [6, 6.07) is 9.17. The van der Waals surface area contributed by atoms with Crippen molar-refractivity contribution in [3.05, 3.63) is 35.9 Å². The molecule has 2 amide bonds. The molecule has 3 aliphatic rings. The van der Waals surface area contributed by atoms with Gasteiger partial charge in [-0.25, -0.2) is 0 Å². The van der Waals surface area contributed by atoms with Gasteiger partial charge in [-0.05, 0) is 50.5 Å². The van der Waals surface area contributed by atoms with Gasteiger partial charge in [0.05, 0.1) is 6.04 Å². The SMILES string of the molecule is Cl.N=C(N)N1CCC[C@H](NC(=O)[C@@H]2CC[C@@H]3CCC(Cc4ccccc4)C(=O)N32)C1O. The van der Waals surface area contributed by atoms with E-state index in [0.717, 1.165) is 31.2 Å². The van der Waals surface area contributed by atoms with E-state index in [4.69, 9.17) is 11.1 Å². The lowest BCUT2D eigenvalue weighted by Crippen LogP contribution is -2.61. The highest BCUT2D eigenvalue weighted by Gasteiger charge is 2.46. The van der Waals surface area contributed by atoms with Crippen LogP contribution in [-0.4, -0.2) is 63.6 Å². The Balaban J connectivity index is 0.00000272. The summed E-state index contributed by atoms with van der Waals surface area (Å²) < 4.78 is 0. The van der Waals surface area contributed by atoms with Gasteiger partial charge in [-0.1, -0.05) is 30.3 Å². The molecule has 3 fully saturated rings. The number of benzene rings is 1. The molecular weight excluding hydrogens is 418 g/mol. The van der Waals surface area contributed by atoms with Crippen LogP contribution in [0.25, 0.3) is 0 Å². The highest BCUT2D eigenvalue weighted by atomic mass is 35.5. The van der Waals surface area contributed by atoms with Crippen LogP contribution in [0.3, 0.4) is 0 Å². The number of hydrogen-bond donors (Lipinski definition) is 4. The number of rotatable bonds is 4. The van der Waals surface area contributed by atoms with Crippen LogP contribution < -0.4 is 11.1 Å². The molecule has 5 N–H and O–H groups in total. The number of nitrogens with two attached hydrogens (primary N) is 1. The first kappa shape index (κ1) is 23.3. The molecule has 1 aromatic rings. The number of amides is 2. The summed E-state index contributed by atoms with van der Waals surface area (Å²) in [5.74, 6) is -0.425. The average Bonchev–Trinajstić information content (AvgIpc) is 3.17. The van der Waals surface area contributed by atoms with E-state index in [1.165, 1.54) is 4.90 Å². The molecule has 0 saturated carbocycles. The standard InChI is InChI=1S/C22H31N5O3.ClH/c23-22(24)26-12-4-7-17(21(26)30)25-19(28)18-11-10-16-9-8-15(20(29)27(16)18)13-14-5-2-1-3-6-14;/h1-3,5-6,15-18,21,30H,4,7-13H2,(H3,23,24)(H,25,28);1H/t15?,16-,17-,18-,21?;/m0./s1. The number of carbonyl (C=O) groups is 2. The summed E-state index contributed by atoms with van der Waals surface area (Å²) in [6.07, 6.45) is 4.32. The molecule has 3 heterocycles. The molecule has 8 nitrogen and oxygen atoms in total. The Hall–Kier alpha value is -2.32. The second-order valence-corrected chi connectivity index (χ2v) is 8.71. The number of aliphatic hydroxyl groups is 1. The summed E-state index contributed by atoms with van der Waals surface area (Å²) in [5, 5.41) is 21.0. The highest BCUT2D eigenvalue weighted by Crippen LogP contribution is 2.36. The van der Waals surface area contributed by atoms with E-state index in [1.54, 1.807) is 0 Å². The molecule has 170 valence electrons. The first-order valence-electron chi connectivity index (χ1n) is 10.9. The molecule has 0 radical (unpaired) electrons. The summed E-state index contributed by atoms with van der Waals surface area (Å²) in [5.41, 5.74) is 6.68. The molecule has 3 saturated heterocycles. The predicted octanol–water partition coefficient (Wildman–Crippen LogP) is 1.21. The van der Waals surface area contributed by atoms with Crippen LogP contribution in [0.2, 0.25) is 0 Å². The molecule has 0 spiro atoms. The Morgan fingerprint density at radius 2 is 1.87 bits per heavy atom. The van der Waals surface area contributed by atoms with Crippen molar-refractivity contribution in [1.82, 2.24) is 15.1 Å². The number of fused-ring (bicyclic) bond motifs is 1. The van der Waals surface area contributed by atoms with Crippen molar-refractivity contribution >= 4 is 30.2 Å². The monoisotopic (exact) mass is 449 g/mol. The lowest BCUT2D eigenvalue weighted by Gasteiger charge is -2.40. The van der Waals surface area contributed by atoms with Crippen molar-refractivity contribution < 1.29 is 14.7 Å². The molecule has 31 heavy (non-hydrogen) atoms. The fourth-order valence-corrected chi connectivity index (χ4v) is 5.24. The van der Waals surface area contributed by atoms with Gasteiger partial charge in [0, 0.05) is 18.5 Å². The van der Waals surface area contributed by atoms with Crippen LogP contribution >= 0.6 is 12.4 Å². The fraction of sp³-hybridized carbons (Fsp3) is 0.591. The lowest BCUT2D eigenvalue weighted by atomic mass is 9.87. The van der Waals surface area contributed by atoms with Gasteiger partial charge in [0.2, 0.25) is 11.8 Å². The largest absolute Gasteiger partial charge is 0.371 e. The first-order chi connectivity index (χ1) is 14.5. The van der Waals surface area contributed by atoms with E-state index in [2.05, 4.69) is 5.32 Å². The number of guanidine groups is 1. The van der Waals surface area contributed by atoms with Gasteiger partial charge in [0.1, 0.15) is 12.3 Å². The van der Waals surface area contributed by atoms with E-state index < -0.39 is 18.3 Å². The number of aliphatic hydroxyl groups excluding tert-OH is 1. The molecule has 4 rings (SSSR count). The van der Waals surface area contributed by atoms with E-state index in [-0.39, 0.29) is 42.1 Å². The van der Waals surface area contributed by atoms with Gasteiger partial charge in [-0.15, -0.1) is 12.4 Å². The van der Waals surface area contributed by atoms with Gasteiger partial charge in [0.15, 0.2) is 5.96 Å². The molecule has 5 atom stereocenters. The van der Waals surface area contributed by atoms with Crippen molar-refractivity contribution in [3.8, 4) is 0 Å². The molecule has 0 aliphatic carbocycles. The van der Waals surface area contributed by atoms with Gasteiger partial charge in [0.25, 0.3) is 0 Å². The number of hydrogen-bond acceptors (Lipinski definition) is 4. The fourth-order valence-electron chi connectivity index (χ4n) is 5.24. The van der Waals surface area contributed by atoms with Gasteiger partial charge in [-0.2, -0.15) is 0 Å². The summed E-state index contributed by atoms with van der Waals surface area (Å²) >= 11 is 0. The number of likely N-dealkylation sites (tertiary alicyclic amines) is 1. The highest BCUT2D eigenvalue weighted by molar-refractivity contribution is 5.90. The maximum atomic E-state index is 13.3. The zero-order chi connectivity index (χ0) is 21.3. The van der Waals surface area contributed by atoms with Crippen LogP contribution in [-0.2, 0) is 16.0 Å². The van der Waals surface area contributed by atoms with Crippen LogP contribution in [0.15, 0.2) is 30.3 Å². The second kappa shape index (κ2) is 9.87. The minimum absolute atomic E-state index is 0. The van der Waals surface area contributed by atoms with E-state index in [1.807, 2.05) is 35.2 Å². The molecule has 0 aromatic heterocycles. The van der Waals surface area contributed by atoms with Crippen molar-refractivity contribution in [3.63, 3.8) is 0 Å². The van der Waals surface area contributed by atoms with Gasteiger partial charge < -0.3 is 26.0 Å². The average molecular weight is 450 g/mol. The first-order valence-corrected chi connectivity index (χ1v) is 10.9. The molecule has 3 aliphatic heterocycles. The van der Waals surface area contributed by atoms with Crippen LogP contribution in [0.1, 0.15) is 44.1 Å². The van der Waals surface area contributed by atoms with Crippen LogP contribution in [0.5, 0.6) is 0 Å². The van der Waals surface area contributed by atoms with E-state index in [9.17, 15) is 14.7 Å². The summed E-state index contributed by atoms with van der Waals surface area (Å²) in [7, 11) is 0. The maximum absolute atomic E-state index is 13.3. The van der Waals surface area contributed by atoms with Crippen molar-refractivity contribution in [2.45, 2.75) is 69.3 Å². The minimum Gasteiger partial charge on any atom is -0.371 e. The zero-order valence-electron chi connectivity index (χ0n) is 17.6. The smallest absolute Gasteiger partial charge is 0.243 e. The Labute approximate surface area is 189 Å². The van der Waals surface area contributed by atoms with E-state index in [0.29, 0.717) is 25.8 Å². The maximum Gasteiger partial charge on any atom is 0.243 e. The van der Waals surface area contributed by atoms with E-state index >= 15 is 0 Å². The normalized spacial score (nSPS) is 30.4. The van der Waals surface area contributed by atoms with Gasteiger partial charge >= 0.3 is 0 Å². The number of carbonyl (C=O) groups excluding carboxylic acids is 2. The minimum atomic E-state index is -1.01. The third-order valence-electron chi connectivity index (χ3n) is 6.81. The second-order valence-electron chi connectivity index (χ2n) is 8.71. The predicted molar refractivity (Wildman–Crippen MR) is 120 cm³/mol. The quantitative estimate of drug-likeness (QED) is 0.406. The Kier molecular flexibility index (Phi) is 7.43. The molecule has 2 unspecified atom stereocenters. The molecule has 9 heteroatoms. The molecular formula is C22H32ClN5O3. The van der Waals surface area contributed by atoms with Crippen molar-refractivity contribution in [2.24, 2.45) is 11.7 Å². The third kappa shape index (κ3) is 4.80. The summed E-state index contributed by atoms with van der Waals surface area (Å²) in [6.45, 7) is 0.500. The lowest BCUT2D eigenvalue weighted by molar-refractivity contribution is -0.147. The molecule has 0 bridgehead atoms. The zero-order valence-corrected chi connectivity index (χ0v) is 18.4. The number of nitrogens with zero attached hydrogens (tertiary/aromatic N) is 2. The Bertz CT molecular complexity index is 808. The number of nitrogens with one attached hydrogen (secondary N) is 2. The topological polar surface area (TPSA) is 123 Å². The molecule has 1 aromatic carbocycles. The van der Waals surface area contributed by atoms with Crippen LogP contribution in [0, 0.1) is 11.3 Å². The Morgan fingerprint density at radius 1 is 1.16 bits per heavy atom. The number of halogens is 1. The summed E-state index contributed by atoms with van der Waals surface area (Å²) in [4.78, 5) is 29.6. The van der Waals surface area contributed by atoms with Crippen molar-refractivity contribution in [2.75, 3.05) is 6.54 Å². The van der Waals surface area contributed by atoms with Crippen LogP contribution in [0.4, 0.5) is 0 Å².